The van der Waals surface area contributed by atoms with Crippen molar-refractivity contribution < 1.29 is 14.1 Å². The zero-order valence-corrected chi connectivity index (χ0v) is 15.7. The third-order valence-electron chi connectivity index (χ3n) is 5.47. The number of carbonyl (C=O) groups is 1. The van der Waals surface area contributed by atoms with Gasteiger partial charge in [0.05, 0.1) is 6.61 Å². The molecule has 1 aromatic carbocycles. The Bertz CT molecular complexity index is 771. The number of benzene rings is 1. The maximum atomic E-state index is 13.0. The highest BCUT2D eigenvalue weighted by molar-refractivity contribution is 5.82. The second-order valence-corrected chi connectivity index (χ2v) is 7.50. The van der Waals surface area contributed by atoms with Gasteiger partial charge in [0.1, 0.15) is 11.6 Å². The minimum atomic E-state index is -0.528. The van der Waals surface area contributed by atoms with E-state index in [1.165, 1.54) is 5.56 Å². The van der Waals surface area contributed by atoms with E-state index in [2.05, 4.69) is 32.5 Å². The fraction of sp³-hybridized carbons (Fsp3) is 0.550. The summed E-state index contributed by atoms with van der Waals surface area (Å²) in [5.41, 5.74) is 0.716. The molecule has 1 aliphatic heterocycles. The number of morpholine rings is 1. The third-order valence-corrected chi connectivity index (χ3v) is 5.47. The van der Waals surface area contributed by atoms with E-state index in [1.807, 2.05) is 18.2 Å². The number of nitrogens with one attached hydrogen (secondary N) is 1. The predicted octanol–water partition coefficient (Wildman–Crippen LogP) is 2.16. The number of hydrogen-bond donors (Lipinski definition) is 1. The molecular weight excluding hydrogens is 344 g/mol. The number of ether oxygens (including phenoxy) is 1. The second kappa shape index (κ2) is 7.78. The van der Waals surface area contributed by atoms with E-state index in [9.17, 15) is 4.79 Å². The Morgan fingerprint density at radius 2 is 2.07 bits per heavy atom. The van der Waals surface area contributed by atoms with Crippen LogP contribution in [0.2, 0.25) is 0 Å². The normalized spacial score (nSPS) is 22.6. The number of hydrogen-bond acceptors (Lipinski definition) is 6. The minimum Gasteiger partial charge on any atom is -0.366 e. The number of amides is 1. The van der Waals surface area contributed by atoms with Crippen LogP contribution in [0.3, 0.4) is 0 Å². The molecule has 1 aromatic heterocycles. The lowest BCUT2D eigenvalue weighted by Crippen LogP contribution is -2.54. The van der Waals surface area contributed by atoms with Crippen LogP contribution in [0, 0.1) is 6.92 Å². The molecule has 1 amide bonds. The van der Waals surface area contributed by atoms with Crippen molar-refractivity contribution in [1.82, 2.24) is 20.4 Å². The van der Waals surface area contributed by atoms with Crippen molar-refractivity contribution >= 4 is 5.91 Å². The van der Waals surface area contributed by atoms with E-state index < -0.39 is 11.6 Å². The van der Waals surface area contributed by atoms with E-state index in [1.54, 1.807) is 6.92 Å². The SMILES string of the molecule is Cc1nc(C2(NC(=O)C3CN(Cc4ccccc4)CCO3)CCCC2)no1. The van der Waals surface area contributed by atoms with Gasteiger partial charge in [-0.1, -0.05) is 48.3 Å². The summed E-state index contributed by atoms with van der Waals surface area (Å²) in [4.78, 5) is 19.6. The van der Waals surface area contributed by atoms with Crippen molar-refractivity contribution in [2.45, 2.75) is 50.8 Å². The average molecular weight is 370 g/mol. The van der Waals surface area contributed by atoms with Crippen molar-refractivity contribution in [1.29, 1.82) is 0 Å². The lowest BCUT2D eigenvalue weighted by molar-refractivity contribution is -0.141. The molecule has 2 aromatic rings. The van der Waals surface area contributed by atoms with Gasteiger partial charge >= 0.3 is 0 Å². The van der Waals surface area contributed by atoms with E-state index in [0.717, 1.165) is 38.8 Å². The first-order valence-electron chi connectivity index (χ1n) is 9.65. The van der Waals surface area contributed by atoms with Crippen LogP contribution in [0.15, 0.2) is 34.9 Å². The van der Waals surface area contributed by atoms with Gasteiger partial charge in [0.2, 0.25) is 5.89 Å². The van der Waals surface area contributed by atoms with Crippen molar-refractivity contribution in [2.75, 3.05) is 19.7 Å². The minimum absolute atomic E-state index is 0.0860. The Morgan fingerprint density at radius 1 is 1.30 bits per heavy atom. The largest absolute Gasteiger partial charge is 0.366 e. The molecule has 0 spiro atoms. The van der Waals surface area contributed by atoms with Crippen LogP contribution >= 0.6 is 0 Å². The molecule has 1 aliphatic carbocycles. The third kappa shape index (κ3) is 4.04. The summed E-state index contributed by atoms with van der Waals surface area (Å²) in [7, 11) is 0. The van der Waals surface area contributed by atoms with Gasteiger partial charge in [-0.25, -0.2) is 0 Å². The molecule has 144 valence electrons. The molecule has 27 heavy (non-hydrogen) atoms. The van der Waals surface area contributed by atoms with Crippen LogP contribution in [-0.4, -0.2) is 46.7 Å². The van der Waals surface area contributed by atoms with Crippen molar-refractivity contribution in [3.63, 3.8) is 0 Å². The number of aromatic nitrogens is 2. The van der Waals surface area contributed by atoms with E-state index >= 15 is 0 Å². The number of nitrogens with zero attached hydrogens (tertiary/aromatic N) is 3. The summed E-state index contributed by atoms with van der Waals surface area (Å²) in [5, 5.41) is 7.29. The molecule has 1 unspecified atom stereocenters. The van der Waals surface area contributed by atoms with Gasteiger partial charge in [-0.15, -0.1) is 0 Å². The Morgan fingerprint density at radius 3 is 2.78 bits per heavy atom. The van der Waals surface area contributed by atoms with Crippen LogP contribution in [0.4, 0.5) is 0 Å². The maximum absolute atomic E-state index is 13.0. The molecule has 2 heterocycles. The average Bonchev–Trinajstić information content (AvgIpc) is 3.33. The zero-order valence-electron chi connectivity index (χ0n) is 15.7. The highest BCUT2D eigenvalue weighted by Crippen LogP contribution is 2.37. The molecule has 7 nitrogen and oxygen atoms in total. The van der Waals surface area contributed by atoms with Gasteiger partial charge in [-0.3, -0.25) is 9.69 Å². The van der Waals surface area contributed by atoms with E-state index in [4.69, 9.17) is 9.26 Å². The van der Waals surface area contributed by atoms with Gasteiger partial charge in [0, 0.05) is 26.6 Å². The van der Waals surface area contributed by atoms with Crippen molar-refractivity contribution in [3.05, 3.63) is 47.6 Å². The highest BCUT2D eigenvalue weighted by Gasteiger charge is 2.43. The number of aryl methyl sites for hydroxylation is 1. The first-order valence-corrected chi connectivity index (χ1v) is 9.65. The Labute approximate surface area is 159 Å². The van der Waals surface area contributed by atoms with Crippen molar-refractivity contribution in [3.8, 4) is 0 Å². The molecule has 0 bridgehead atoms. The summed E-state index contributed by atoms with van der Waals surface area (Å²) in [6.07, 6.45) is 3.27. The summed E-state index contributed by atoms with van der Waals surface area (Å²) >= 11 is 0. The summed E-state index contributed by atoms with van der Waals surface area (Å²) < 4.78 is 10.9. The van der Waals surface area contributed by atoms with Crippen LogP contribution in [-0.2, 0) is 21.6 Å². The molecule has 1 saturated heterocycles. The van der Waals surface area contributed by atoms with Crippen LogP contribution in [0.1, 0.15) is 43.0 Å². The molecule has 4 rings (SSSR count). The summed E-state index contributed by atoms with van der Waals surface area (Å²) in [6.45, 7) is 4.56. The first kappa shape index (κ1) is 18.1. The molecule has 1 N–H and O–H groups in total. The topological polar surface area (TPSA) is 80.5 Å². The molecular formula is C20H26N4O3. The fourth-order valence-corrected chi connectivity index (χ4v) is 4.04. The molecule has 2 fully saturated rings. The zero-order chi connectivity index (χ0) is 18.7. The summed E-state index contributed by atoms with van der Waals surface area (Å²) in [6, 6.07) is 10.3. The van der Waals surface area contributed by atoms with Crippen LogP contribution in [0.25, 0.3) is 0 Å². The molecule has 1 saturated carbocycles. The molecule has 1 atom stereocenters. The first-order chi connectivity index (χ1) is 13.1. The number of carbonyl (C=O) groups excluding carboxylic acids is 1. The highest BCUT2D eigenvalue weighted by atomic mass is 16.5. The number of rotatable bonds is 5. The molecule has 0 radical (unpaired) electrons. The Hall–Kier alpha value is -2.25. The smallest absolute Gasteiger partial charge is 0.251 e. The van der Waals surface area contributed by atoms with Gasteiger partial charge in [-0.05, 0) is 18.4 Å². The monoisotopic (exact) mass is 370 g/mol. The van der Waals surface area contributed by atoms with E-state index in [-0.39, 0.29) is 5.91 Å². The van der Waals surface area contributed by atoms with Gasteiger partial charge in [-0.2, -0.15) is 4.98 Å². The van der Waals surface area contributed by atoms with Crippen molar-refractivity contribution in [2.24, 2.45) is 0 Å². The van der Waals surface area contributed by atoms with Crippen LogP contribution < -0.4 is 5.32 Å². The Kier molecular flexibility index (Phi) is 5.22. The molecule has 7 heteroatoms. The fourth-order valence-electron chi connectivity index (χ4n) is 4.04. The summed E-state index contributed by atoms with van der Waals surface area (Å²) in [5.74, 6) is 1.02. The van der Waals surface area contributed by atoms with Gasteiger partial charge < -0.3 is 14.6 Å². The van der Waals surface area contributed by atoms with Crippen LogP contribution in [0.5, 0.6) is 0 Å². The maximum Gasteiger partial charge on any atom is 0.251 e. The van der Waals surface area contributed by atoms with Gasteiger partial charge in [0.15, 0.2) is 5.82 Å². The second-order valence-electron chi connectivity index (χ2n) is 7.50. The van der Waals surface area contributed by atoms with Gasteiger partial charge in [0.25, 0.3) is 5.91 Å². The quantitative estimate of drug-likeness (QED) is 0.869. The lowest BCUT2D eigenvalue weighted by atomic mass is 9.96. The standard InChI is InChI=1S/C20H26N4O3/c1-15-21-19(23-27-15)20(9-5-6-10-20)22-18(25)17-14-24(11-12-26-17)13-16-7-3-2-4-8-16/h2-4,7-8,17H,5-6,9-14H2,1H3,(H,22,25). The predicted molar refractivity (Wildman–Crippen MR) is 98.8 cm³/mol. The van der Waals surface area contributed by atoms with E-state index in [0.29, 0.717) is 24.9 Å². The lowest BCUT2D eigenvalue weighted by Gasteiger charge is -2.35. The Balaban J connectivity index is 1.42. The molecule has 2 aliphatic rings.